The molecule has 2 aromatic carbocycles. The van der Waals surface area contributed by atoms with Crippen molar-refractivity contribution >= 4 is 29.2 Å². The van der Waals surface area contributed by atoms with Crippen molar-refractivity contribution in [2.24, 2.45) is 0 Å². The summed E-state index contributed by atoms with van der Waals surface area (Å²) in [6, 6.07) is 12.7. The minimum absolute atomic E-state index is 0.125. The highest BCUT2D eigenvalue weighted by Gasteiger charge is 2.43. The zero-order chi connectivity index (χ0) is 18.4. The molecule has 26 heavy (non-hydrogen) atoms. The second kappa shape index (κ2) is 6.07. The molecule has 0 saturated carbocycles. The normalized spacial score (nSPS) is 19.7. The molecule has 0 radical (unpaired) electrons. The number of amides is 3. The van der Waals surface area contributed by atoms with E-state index in [0.717, 1.165) is 5.56 Å². The molecule has 132 valence electrons. The Kier molecular flexibility index (Phi) is 3.85. The number of rotatable bonds is 2. The predicted molar refractivity (Wildman–Crippen MR) is 98.0 cm³/mol. The first-order chi connectivity index (χ1) is 12.5. The molecule has 6 nitrogen and oxygen atoms in total. The maximum atomic E-state index is 13.2. The summed E-state index contributed by atoms with van der Waals surface area (Å²) in [6.45, 7) is 0.299. The second-order valence-corrected chi connectivity index (χ2v) is 6.70. The van der Waals surface area contributed by atoms with Crippen molar-refractivity contribution < 1.29 is 14.7 Å². The fraction of sp³-hybridized carbons (Fsp3) is 0.158. The monoisotopic (exact) mass is 369 g/mol. The number of aromatic hydroxyl groups is 1. The van der Waals surface area contributed by atoms with Crippen molar-refractivity contribution in [3.8, 4) is 5.75 Å². The van der Waals surface area contributed by atoms with Gasteiger partial charge in [-0.2, -0.15) is 0 Å². The van der Waals surface area contributed by atoms with Crippen molar-refractivity contribution in [2.45, 2.75) is 6.04 Å². The maximum absolute atomic E-state index is 13.2. The zero-order valence-electron chi connectivity index (χ0n) is 13.9. The Morgan fingerprint density at radius 3 is 2.58 bits per heavy atom. The number of likely N-dealkylation sites (N-methyl/N-ethyl adjacent to an activating group) is 1. The van der Waals surface area contributed by atoms with Crippen molar-refractivity contribution in [1.29, 1.82) is 0 Å². The number of nitrogens with zero attached hydrogens (tertiary/aromatic N) is 2. The van der Waals surface area contributed by atoms with Crippen LogP contribution >= 0.6 is 11.6 Å². The van der Waals surface area contributed by atoms with Gasteiger partial charge in [0, 0.05) is 17.8 Å². The Bertz CT molecular complexity index is 939. The summed E-state index contributed by atoms with van der Waals surface area (Å²) in [5, 5.41) is 12.9. The lowest BCUT2D eigenvalue weighted by molar-refractivity contribution is -0.114. The number of urea groups is 1. The molecule has 0 aromatic heterocycles. The number of carbonyl (C=O) groups is 2. The van der Waals surface area contributed by atoms with Gasteiger partial charge in [0.25, 0.3) is 5.91 Å². The van der Waals surface area contributed by atoms with Crippen molar-refractivity contribution in [3.63, 3.8) is 0 Å². The Labute approximate surface area is 155 Å². The molecule has 0 saturated heterocycles. The van der Waals surface area contributed by atoms with E-state index in [2.05, 4.69) is 5.32 Å². The number of carbonyl (C=O) groups excluding carboxylic acids is 2. The summed E-state index contributed by atoms with van der Waals surface area (Å²) in [5.41, 5.74) is 2.61. The van der Waals surface area contributed by atoms with E-state index in [1.807, 2.05) is 6.07 Å². The molecule has 2 N–H and O–H groups in total. The van der Waals surface area contributed by atoms with E-state index < -0.39 is 6.04 Å². The number of halogens is 1. The number of hydrogen-bond donors (Lipinski definition) is 2. The number of hydrogen-bond acceptors (Lipinski definition) is 3. The standard InChI is InChI=1S/C19H16ClN3O3/c1-22-15-10-23(13-4-2-3-12(20)9-13)18(25)16(15)17(21-19(22)26)11-5-7-14(24)8-6-11/h2-9,17,24H,10H2,1H3,(H,21,26)/t17-/m1/s1. The number of phenols is 1. The third-order valence-electron chi connectivity index (χ3n) is 4.71. The molecule has 2 aromatic rings. The quantitative estimate of drug-likeness (QED) is 0.854. The highest BCUT2D eigenvalue weighted by Crippen LogP contribution is 2.38. The number of phenolic OH excluding ortho intramolecular Hbond substituents is 1. The van der Waals surface area contributed by atoms with Gasteiger partial charge < -0.3 is 15.3 Å². The lowest BCUT2D eigenvalue weighted by atomic mass is 9.95. The summed E-state index contributed by atoms with van der Waals surface area (Å²) in [7, 11) is 1.65. The highest BCUT2D eigenvalue weighted by molar-refractivity contribution is 6.31. The topological polar surface area (TPSA) is 72.9 Å². The molecule has 1 atom stereocenters. The molecule has 0 spiro atoms. The summed E-state index contributed by atoms with van der Waals surface area (Å²) < 4.78 is 0. The molecule has 0 bridgehead atoms. The van der Waals surface area contributed by atoms with Crippen LogP contribution in [0.15, 0.2) is 59.8 Å². The molecule has 0 unspecified atom stereocenters. The number of benzene rings is 2. The molecule has 2 aliphatic rings. The molecule has 7 heteroatoms. The van der Waals surface area contributed by atoms with Gasteiger partial charge in [0.05, 0.1) is 23.9 Å². The predicted octanol–water partition coefficient (Wildman–Crippen LogP) is 3.04. The minimum Gasteiger partial charge on any atom is -0.508 e. The van der Waals surface area contributed by atoms with Gasteiger partial charge in [-0.3, -0.25) is 9.69 Å². The first kappa shape index (κ1) is 16.5. The van der Waals surface area contributed by atoms with E-state index in [9.17, 15) is 14.7 Å². The Morgan fingerprint density at radius 1 is 1.15 bits per heavy atom. The number of nitrogens with one attached hydrogen (secondary N) is 1. The Hall–Kier alpha value is -2.99. The largest absolute Gasteiger partial charge is 0.508 e. The zero-order valence-corrected chi connectivity index (χ0v) is 14.7. The van der Waals surface area contributed by atoms with Crippen LogP contribution in [0.1, 0.15) is 11.6 Å². The van der Waals surface area contributed by atoms with Gasteiger partial charge in [-0.15, -0.1) is 0 Å². The molecule has 0 aliphatic carbocycles. The average Bonchev–Trinajstić information content (AvgIpc) is 2.97. The summed E-state index contributed by atoms with van der Waals surface area (Å²) in [6.07, 6.45) is 0. The molecular weight excluding hydrogens is 354 g/mol. The summed E-state index contributed by atoms with van der Waals surface area (Å²) in [4.78, 5) is 28.6. The Morgan fingerprint density at radius 2 is 1.88 bits per heavy atom. The van der Waals surface area contributed by atoms with E-state index in [4.69, 9.17) is 11.6 Å². The van der Waals surface area contributed by atoms with Crippen LogP contribution in [0.2, 0.25) is 5.02 Å². The second-order valence-electron chi connectivity index (χ2n) is 6.26. The first-order valence-electron chi connectivity index (χ1n) is 8.09. The van der Waals surface area contributed by atoms with E-state index in [-0.39, 0.29) is 17.7 Å². The van der Waals surface area contributed by atoms with Gasteiger partial charge in [-0.1, -0.05) is 29.8 Å². The van der Waals surface area contributed by atoms with Crippen LogP contribution in [-0.4, -0.2) is 35.5 Å². The maximum Gasteiger partial charge on any atom is 0.322 e. The van der Waals surface area contributed by atoms with Crippen LogP contribution < -0.4 is 10.2 Å². The minimum atomic E-state index is -0.564. The van der Waals surface area contributed by atoms with Gasteiger partial charge in [-0.05, 0) is 35.9 Å². The fourth-order valence-corrected chi connectivity index (χ4v) is 3.52. The molecule has 4 rings (SSSR count). The molecule has 0 fully saturated rings. The average molecular weight is 370 g/mol. The van der Waals surface area contributed by atoms with Crippen LogP contribution in [-0.2, 0) is 4.79 Å². The lowest BCUT2D eigenvalue weighted by Gasteiger charge is -2.31. The SMILES string of the molecule is CN1C(=O)N[C@H](c2ccc(O)cc2)C2=C1CN(c1cccc(Cl)c1)C2=O. The smallest absolute Gasteiger partial charge is 0.322 e. The third kappa shape index (κ3) is 2.59. The van der Waals surface area contributed by atoms with Crippen LogP contribution in [0.5, 0.6) is 5.75 Å². The fourth-order valence-electron chi connectivity index (χ4n) is 3.34. The van der Waals surface area contributed by atoms with Gasteiger partial charge >= 0.3 is 6.03 Å². The van der Waals surface area contributed by atoms with Crippen LogP contribution in [0.4, 0.5) is 10.5 Å². The van der Waals surface area contributed by atoms with Gasteiger partial charge in [-0.25, -0.2) is 4.79 Å². The first-order valence-corrected chi connectivity index (χ1v) is 8.47. The van der Waals surface area contributed by atoms with Crippen LogP contribution in [0.3, 0.4) is 0 Å². The highest BCUT2D eigenvalue weighted by atomic mass is 35.5. The van der Waals surface area contributed by atoms with Gasteiger partial charge in [0.2, 0.25) is 0 Å². The van der Waals surface area contributed by atoms with Gasteiger partial charge in [0.1, 0.15) is 5.75 Å². The van der Waals surface area contributed by atoms with Crippen LogP contribution in [0, 0.1) is 0 Å². The van der Waals surface area contributed by atoms with E-state index in [1.165, 1.54) is 17.0 Å². The lowest BCUT2D eigenvalue weighted by Crippen LogP contribution is -2.45. The molecule has 3 amide bonds. The number of anilines is 1. The summed E-state index contributed by atoms with van der Waals surface area (Å²) >= 11 is 6.06. The third-order valence-corrected chi connectivity index (χ3v) is 4.94. The van der Waals surface area contributed by atoms with Crippen molar-refractivity contribution in [2.75, 3.05) is 18.5 Å². The molecular formula is C19H16ClN3O3. The summed E-state index contributed by atoms with van der Waals surface area (Å²) in [5.74, 6) is -0.0484. The van der Waals surface area contributed by atoms with Crippen molar-refractivity contribution in [3.05, 3.63) is 70.4 Å². The Balaban J connectivity index is 1.76. The van der Waals surface area contributed by atoms with Crippen molar-refractivity contribution in [1.82, 2.24) is 10.2 Å². The van der Waals surface area contributed by atoms with E-state index in [1.54, 1.807) is 42.3 Å². The molecule has 2 aliphatic heterocycles. The van der Waals surface area contributed by atoms with E-state index in [0.29, 0.717) is 28.5 Å². The molecule has 2 heterocycles. The van der Waals surface area contributed by atoms with E-state index >= 15 is 0 Å². The van der Waals surface area contributed by atoms with Crippen LogP contribution in [0.25, 0.3) is 0 Å². The van der Waals surface area contributed by atoms with Gasteiger partial charge in [0.15, 0.2) is 0 Å².